The summed E-state index contributed by atoms with van der Waals surface area (Å²) in [6.45, 7) is 4.21. The van der Waals surface area contributed by atoms with Gasteiger partial charge < -0.3 is 41.0 Å². The maximum Gasteiger partial charge on any atom is 0.259 e. The van der Waals surface area contributed by atoms with Gasteiger partial charge in [0.2, 0.25) is 0 Å². The molecule has 0 atom stereocenters. The van der Waals surface area contributed by atoms with Gasteiger partial charge in [0.05, 0.1) is 35.1 Å². The number of rotatable bonds is 16. The molecule has 0 aliphatic carbocycles. The van der Waals surface area contributed by atoms with Crippen LogP contribution < -0.4 is 30.7 Å². The molecule has 9 rings (SSSR count). The molecule has 0 heterocycles. The second kappa shape index (κ2) is 22.7. The number of halogens is 1. The van der Waals surface area contributed by atoms with Crippen LogP contribution in [0.1, 0.15) is 55.3 Å². The molecular formula is C58H45ClN8O8. The fraction of sp³-hybridized carbons (Fsp3) is 0.0690. The number of carbonyl (C=O) groups is 4. The number of nitrogens with one attached hydrogen (secondary N) is 4. The Morgan fingerprint density at radius 1 is 0.453 bits per heavy atom. The Morgan fingerprint density at radius 3 is 1.33 bits per heavy atom. The molecule has 4 amide bonds. The molecule has 6 N–H and O–H groups in total. The highest BCUT2D eigenvalue weighted by molar-refractivity contribution is 6.34. The standard InChI is InChI=1S/C58H45ClN8O8/c1-3-74-49-27-23-36(55(70)60-38-17-7-5-8-18-38)31-47(49)64-66-51-41-21-13-11-15-34(41)29-43(53(51)68)57(72)62-40-25-26-46(45(59)33-40)63-58(73)44-30-35-16-12-14-22-42(35)52(54(44)69)67-65-48-32-37(24-28-50(48)75-4-2)56(71)61-39-19-9-6-10-20-39/h5-33,68-69H,3-4H2,1-2H3,(H,60,70)(H,61,71)(H,62,72)(H,63,73). The summed E-state index contributed by atoms with van der Waals surface area (Å²) in [4.78, 5) is 54.3. The van der Waals surface area contributed by atoms with E-state index in [-0.39, 0.29) is 73.2 Å². The van der Waals surface area contributed by atoms with Gasteiger partial charge in [0, 0.05) is 39.0 Å². The third kappa shape index (κ3) is 11.4. The fourth-order valence-corrected chi connectivity index (χ4v) is 8.18. The largest absolute Gasteiger partial charge is 0.505 e. The molecule has 17 heteroatoms. The Morgan fingerprint density at radius 2 is 0.880 bits per heavy atom. The number of phenols is 2. The number of aromatic hydroxyl groups is 2. The van der Waals surface area contributed by atoms with Crippen LogP contribution in [0.5, 0.6) is 23.0 Å². The van der Waals surface area contributed by atoms with E-state index in [1.165, 1.54) is 42.5 Å². The molecule has 9 aromatic rings. The minimum absolute atomic E-state index is 0.00876. The molecule has 372 valence electrons. The van der Waals surface area contributed by atoms with Crippen molar-refractivity contribution in [3.05, 3.63) is 203 Å². The van der Waals surface area contributed by atoms with E-state index in [9.17, 15) is 29.4 Å². The van der Waals surface area contributed by atoms with E-state index in [0.717, 1.165) is 0 Å². The van der Waals surface area contributed by atoms with Gasteiger partial charge >= 0.3 is 0 Å². The van der Waals surface area contributed by atoms with Crippen molar-refractivity contribution in [2.24, 2.45) is 20.5 Å². The zero-order chi connectivity index (χ0) is 52.4. The van der Waals surface area contributed by atoms with Gasteiger partial charge in [-0.3, -0.25) is 19.2 Å². The lowest BCUT2D eigenvalue weighted by atomic mass is 10.0. The molecule has 0 radical (unpaired) electrons. The average Bonchev–Trinajstić information content (AvgIpc) is 3.42. The van der Waals surface area contributed by atoms with Crippen LogP contribution in [0.3, 0.4) is 0 Å². The SMILES string of the molecule is CCOc1ccc(C(=O)Nc2ccccc2)cc1N=Nc1c(O)c(C(=O)Nc2ccc(NC(=O)c3cc4ccccc4c(N=Nc4cc(C(=O)Nc5ccccc5)ccc4OCC)c3O)c(Cl)c2)cc2ccccc12. The van der Waals surface area contributed by atoms with Gasteiger partial charge in [0.25, 0.3) is 23.6 Å². The number of anilines is 4. The van der Waals surface area contributed by atoms with Crippen LogP contribution in [-0.2, 0) is 0 Å². The van der Waals surface area contributed by atoms with Gasteiger partial charge in [0.1, 0.15) is 34.2 Å². The van der Waals surface area contributed by atoms with Crippen molar-refractivity contribution in [2.45, 2.75) is 13.8 Å². The highest BCUT2D eigenvalue weighted by atomic mass is 35.5. The molecule has 9 aromatic carbocycles. The summed E-state index contributed by atoms with van der Waals surface area (Å²) in [5.41, 5.74) is 2.25. The lowest BCUT2D eigenvalue weighted by Gasteiger charge is -2.14. The lowest BCUT2D eigenvalue weighted by Crippen LogP contribution is -2.14. The maximum absolute atomic E-state index is 14.0. The zero-order valence-electron chi connectivity index (χ0n) is 40.2. The first-order chi connectivity index (χ1) is 36.5. The van der Waals surface area contributed by atoms with E-state index in [1.54, 1.807) is 135 Å². The summed E-state index contributed by atoms with van der Waals surface area (Å²) in [6, 6.07) is 48.8. The average molecular weight is 1020 g/mol. The van der Waals surface area contributed by atoms with Crippen molar-refractivity contribution in [3.8, 4) is 23.0 Å². The van der Waals surface area contributed by atoms with Gasteiger partial charge in [-0.25, -0.2) is 0 Å². The van der Waals surface area contributed by atoms with Crippen molar-refractivity contribution < 1.29 is 38.9 Å². The molecule has 0 unspecified atom stereocenters. The molecule has 16 nitrogen and oxygen atoms in total. The molecule has 0 saturated heterocycles. The first-order valence-electron chi connectivity index (χ1n) is 23.5. The van der Waals surface area contributed by atoms with Crippen molar-refractivity contribution >= 4 is 102 Å². The monoisotopic (exact) mass is 1020 g/mol. The van der Waals surface area contributed by atoms with Crippen LogP contribution in [0.15, 0.2) is 196 Å². The highest BCUT2D eigenvalue weighted by Crippen LogP contribution is 2.43. The molecule has 0 spiro atoms. The zero-order valence-corrected chi connectivity index (χ0v) is 40.9. The molecule has 0 aromatic heterocycles. The molecule has 75 heavy (non-hydrogen) atoms. The van der Waals surface area contributed by atoms with Crippen LogP contribution in [-0.4, -0.2) is 47.1 Å². The highest BCUT2D eigenvalue weighted by Gasteiger charge is 2.23. The van der Waals surface area contributed by atoms with E-state index in [2.05, 4.69) is 41.7 Å². The molecular weight excluding hydrogens is 972 g/mol. The summed E-state index contributed by atoms with van der Waals surface area (Å²) in [6.07, 6.45) is 0. The summed E-state index contributed by atoms with van der Waals surface area (Å²) < 4.78 is 11.6. The summed E-state index contributed by atoms with van der Waals surface area (Å²) in [5, 5.41) is 54.3. The maximum atomic E-state index is 14.0. The molecule has 0 bridgehead atoms. The van der Waals surface area contributed by atoms with Crippen molar-refractivity contribution in [1.29, 1.82) is 0 Å². The number of amides is 4. The van der Waals surface area contributed by atoms with Gasteiger partial charge in [-0.2, -0.15) is 0 Å². The summed E-state index contributed by atoms with van der Waals surface area (Å²) in [7, 11) is 0. The predicted molar refractivity (Wildman–Crippen MR) is 291 cm³/mol. The number of hydrogen-bond donors (Lipinski definition) is 6. The number of phenolic OH excluding ortho intramolecular Hbond substituents is 2. The van der Waals surface area contributed by atoms with E-state index >= 15 is 0 Å². The number of para-hydroxylation sites is 2. The van der Waals surface area contributed by atoms with E-state index < -0.39 is 23.3 Å². The Labute approximate surface area is 434 Å². The van der Waals surface area contributed by atoms with Crippen molar-refractivity contribution in [3.63, 3.8) is 0 Å². The Balaban J connectivity index is 0.950. The second-order valence-corrected chi connectivity index (χ2v) is 17.0. The number of fused-ring (bicyclic) bond motifs is 2. The Bertz CT molecular complexity index is 3720. The first-order valence-corrected chi connectivity index (χ1v) is 23.9. The van der Waals surface area contributed by atoms with Crippen LogP contribution >= 0.6 is 11.6 Å². The van der Waals surface area contributed by atoms with Crippen LogP contribution in [0.4, 0.5) is 45.5 Å². The van der Waals surface area contributed by atoms with Crippen LogP contribution in [0.2, 0.25) is 5.02 Å². The smallest absolute Gasteiger partial charge is 0.259 e. The van der Waals surface area contributed by atoms with Crippen LogP contribution in [0, 0.1) is 0 Å². The Kier molecular flexibility index (Phi) is 15.1. The normalized spacial score (nSPS) is 11.2. The minimum atomic E-state index is -0.735. The fourth-order valence-electron chi connectivity index (χ4n) is 7.95. The third-order valence-electron chi connectivity index (χ3n) is 11.6. The lowest BCUT2D eigenvalue weighted by molar-refractivity contribution is 0.101. The minimum Gasteiger partial charge on any atom is -0.505 e. The number of ether oxygens (including phenoxy) is 2. The first kappa shape index (κ1) is 50.0. The quantitative estimate of drug-likeness (QED) is 0.0509. The van der Waals surface area contributed by atoms with E-state index in [0.29, 0.717) is 57.6 Å². The number of benzene rings is 9. The van der Waals surface area contributed by atoms with E-state index in [1.807, 2.05) is 12.1 Å². The molecule has 0 aliphatic rings. The van der Waals surface area contributed by atoms with Crippen molar-refractivity contribution in [2.75, 3.05) is 34.5 Å². The second-order valence-electron chi connectivity index (χ2n) is 16.6. The molecule has 0 aliphatic heterocycles. The summed E-state index contributed by atoms with van der Waals surface area (Å²) in [5.74, 6) is -2.48. The number of azo groups is 2. The van der Waals surface area contributed by atoms with Gasteiger partial charge in [-0.05, 0) is 116 Å². The predicted octanol–water partition coefficient (Wildman–Crippen LogP) is 14.7. The number of nitrogens with zero attached hydrogens (tertiary/aromatic N) is 4. The number of hydrogen-bond acceptors (Lipinski definition) is 12. The topological polar surface area (TPSA) is 225 Å². The third-order valence-corrected chi connectivity index (χ3v) is 11.9. The van der Waals surface area contributed by atoms with Gasteiger partial charge in [-0.1, -0.05) is 96.5 Å². The van der Waals surface area contributed by atoms with Gasteiger partial charge in [-0.15, -0.1) is 20.5 Å². The van der Waals surface area contributed by atoms with Crippen LogP contribution in [0.25, 0.3) is 21.5 Å². The van der Waals surface area contributed by atoms with Crippen molar-refractivity contribution in [1.82, 2.24) is 0 Å². The molecule has 0 saturated carbocycles. The molecule has 0 fully saturated rings. The Hall–Kier alpha value is -9.93. The van der Waals surface area contributed by atoms with E-state index in [4.69, 9.17) is 21.1 Å². The number of carbonyl (C=O) groups excluding carboxylic acids is 4. The summed E-state index contributed by atoms with van der Waals surface area (Å²) >= 11 is 6.72. The van der Waals surface area contributed by atoms with Gasteiger partial charge in [0.15, 0.2) is 11.5 Å².